The van der Waals surface area contributed by atoms with Gasteiger partial charge in [-0.2, -0.15) is 0 Å². The van der Waals surface area contributed by atoms with Gasteiger partial charge in [0.15, 0.2) is 17.0 Å². The van der Waals surface area contributed by atoms with Crippen molar-refractivity contribution >= 4 is 41.8 Å². The number of nitrogens with one attached hydrogen (secondary N) is 1. The molecule has 3 N–H and O–H groups in total. The zero-order valence-corrected chi connectivity index (χ0v) is 18.3. The molecule has 0 spiro atoms. The molecule has 1 aromatic carbocycles. The minimum absolute atomic E-state index is 0.143. The van der Waals surface area contributed by atoms with E-state index in [9.17, 15) is 4.79 Å². The van der Waals surface area contributed by atoms with Crippen LogP contribution in [0.2, 0.25) is 0 Å². The first-order valence-electron chi connectivity index (χ1n) is 9.25. The van der Waals surface area contributed by atoms with Crippen molar-refractivity contribution in [2.45, 2.75) is 31.4 Å². The number of nitrogens with two attached hydrogens (primary N) is 1. The topological polar surface area (TPSA) is 126 Å². The summed E-state index contributed by atoms with van der Waals surface area (Å²) in [5, 5.41) is 2.80. The van der Waals surface area contributed by atoms with Crippen LogP contribution in [0.25, 0.3) is 11.2 Å². The molecule has 4 rings (SSSR count). The molecule has 0 saturated carbocycles. The van der Waals surface area contributed by atoms with Crippen LogP contribution in [0.5, 0.6) is 0 Å². The van der Waals surface area contributed by atoms with E-state index in [4.69, 9.17) is 19.5 Å². The minimum atomic E-state index is -0.326. The summed E-state index contributed by atoms with van der Waals surface area (Å²) in [7, 11) is 4.48. The van der Waals surface area contributed by atoms with Gasteiger partial charge in [0.1, 0.15) is 18.7 Å². The number of nitrogens with zero attached hydrogens (tertiary/aromatic N) is 4. The summed E-state index contributed by atoms with van der Waals surface area (Å²) < 4.78 is 18.4. The molecule has 158 valence electrons. The first-order chi connectivity index (χ1) is 14.6. The van der Waals surface area contributed by atoms with Crippen molar-refractivity contribution < 1.29 is 18.6 Å². The molecule has 2 aromatic heterocycles. The highest BCUT2D eigenvalue weighted by atomic mass is 31.0. The molecule has 1 amide bonds. The average molecular weight is 448 g/mol. The average Bonchev–Trinajstić information content (AvgIpc) is 3.38. The van der Waals surface area contributed by atoms with Gasteiger partial charge in [-0.1, -0.05) is 12.1 Å². The predicted octanol–water partition coefficient (Wildman–Crippen LogP) is 1.81. The molecular weight excluding hydrogens is 426 g/mol. The zero-order valence-electron chi connectivity index (χ0n) is 16.0. The molecule has 5 atom stereocenters. The fourth-order valence-electron chi connectivity index (χ4n) is 3.39. The van der Waals surface area contributed by atoms with Crippen molar-refractivity contribution in [1.29, 1.82) is 0 Å². The van der Waals surface area contributed by atoms with E-state index >= 15 is 0 Å². The van der Waals surface area contributed by atoms with E-state index in [1.807, 2.05) is 16.7 Å². The van der Waals surface area contributed by atoms with E-state index in [0.29, 0.717) is 42.1 Å². The Labute approximate surface area is 177 Å². The number of anilines is 1. The van der Waals surface area contributed by atoms with E-state index in [-0.39, 0.29) is 24.3 Å². The molecule has 10 nitrogen and oxygen atoms in total. The molecule has 0 aliphatic carbocycles. The Morgan fingerprint density at radius 2 is 2.07 bits per heavy atom. The number of imidazole rings is 1. The highest BCUT2D eigenvalue weighted by Crippen LogP contribution is 2.34. The molecule has 1 aliphatic rings. The van der Waals surface area contributed by atoms with Gasteiger partial charge in [0.2, 0.25) is 0 Å². The Morgan fingerprint density at radius 3 is 2.77 bits per heavy atom. The highest BCUT2D eigenvalue weighted by molar-refractivity contribution is 7.10. The van der Waals surface area contributed by atoms with Crippen LogP contribution >= 0.6 is 18.9 Å². The molecular formula is C18H22N6O4P2. The normalized spacial score (nSPS) is 21.2. The predicted molar refractivity (Wildman–Crippen MR) is 116 cm³/mol. The lowest BCUT2D eigenvalue weighted by Gasteiger charge is -2.15. The van der Waals surface area contributed by atoms with Gasteiger partial charge < -0.3 is 24.8 Å². The van der Waals surface area contributed by atoms with Gasteiger partial charge in [0.25, 0.3) is 5.91 Å². The number of fused-ring (bicyclic) bond motifs is 1. The van der Waals surface area contributed by atoms with Crippen molar-refractivity contribution in [3.63, 3.8) is 0 Å². The number of hydrogen-bond acceptors (Lipinski definition) is 8. The molecule has 1 fully saturated rings. The van der Waals surface area contributed by atoms with Gasteiger partial charge in [-0.15, -0.1) is 0 Å². The molecule has 1 saturated heterocycles. The fourth-order valence-corrected chi connectivity index (χ4v) is 3.86. The van der Waals surface area contributed by atoms with Crippen molar-refractivity contribution in [2.75, 3.05) is 11.9 Å². The molecule has 30 heavy (non-hydrogen) atoms. The Morgan fingerprint density at radius 1 is 1.27 bits per heavy atom. The number of rotatable bonds is 7. The summed E-state index contributed by atoms with van der Waals surface area (Å²) in [6, 6.07) is 7.07. The van der Waals surface area contributed by atoms with Crippen LogP contribution in [0.1, 0.15) is 28.6 Å². The number of aromatic nitrogens is 4. The maximum atomic E-state index is 12.6. The Balaban J connectivity index is 1.57. The second-order valence-electron chi connectivity index (χ2n) is 6.77. The van der Waals surface area contributed by atoms with E-state index in [0.717, 1.165) is 5.56 Å². The molecule has 1 aliphatic heterocycles. The second-order valence-corrected chi connectivity index (χ2v) is 7.38. The van der Waals surface area contributed by atoms with Crippen LogP contribution in [0, 0.1) is 0 Å². The first kappa shape index (κ1) is 21.2. The maximum Gasteiger partial charge on any atom is 0.256 e. The summed E-state index contributed by atoms with van der Waals surface area (Å²) in [6.45, 7) is 0.800. The lowest BCUT2D eigenvalue weighted by molar-refractivity contribution is -0.0292. The first-order valence-corrected chi connectivity index (χ1v) is 10.2. The van der Waals surface area contributed by atoms with Crippen LogP contribution in [0.3, 0.4) is 0 Å². The summed E-state index contributed by atoms with van der Waals surface area (Å²) >= 11 is 0. The minimum Gasteiger partial charge on any atom is -0.363 e. The largest absolute Gasteiger partial charge is 0.363 e. The van der Waals surface area contributed by atoms with Crippen LogP contribution in [-0.4, -0.2) is 44.2 Å². The van der Waals surface area contributed by atoms with Gasteiger partial charge in [-0.3, -0.25) is 9.36 Å². The maximum absolute atomic E-state index is 12.6. The van der Waals surface area contributed by atoms with Gasteiger partial charge in [-0.25, -0.2) is 15.0 Å². The van der Waals surface area contributed by atoms with Crippen molar-refractivity contribution in [1.82, 2.24) is 19.5 Å². The summed E-state index contributed by atoms with van der Waals surface area (Å²) in [5.74, 6) is 0.0349. The number of carbonyl (C=O) groups is 1. The van der Waals surface area contributed by atoms with E-state index in [2.05, 4.69) is 39.2 Å². The summed E-state index contributed by atoms with van der Waals surface area (Å²) in [6.07, 6.45) is 2.92. The Hall–Kier alpha value is -2.06. The van der Waals surface area contributed by atoms with Crippen molar-refractivity contribution in [3.05, 3.63) is 48.0 Å². The number of ether oxygens (including phenoxy) is 1. The number of carbonyl (C=O) groups excluding carboxylic acids is 1. The SMILES string of the molecule is NCc1ccc(C(=O)Nc2ncnc3c2ncn3[C@H]2C[C@@H](OP)[C@@H](COP)O2)cc1. The van der Waals surface area contributed by atoms with Crippen molar-refractivity contribution in [3.8, 4) is 0 Å². The molecule has 2 unspecified atom stereocenters. The highest BCUT2D eigenvalue weighted by Gasteiger charge is 2.37. The molecule has 12 heteroatoms. The molecule has 3 aromatic rings. The van der Waals surface area contributed by atoms with Crippen LogP contribution < -0.4 is 11.1 Å². The Kier molecular flexibility index (Phi) is 6.63. The van der Waals surface area contributed by atoms with Gasteiger partial charge in [-0.05, 0) is 17.7 Å². The molecule has 0 radical (unpaired) electrons. The third kappa shape index (κ3) is 4.21. The fraction of sp³-hybridized carbons (Fsp3) is 0.333. The van der Waals surface area contributed by atoms with Gasteiger partial charge >= 0.3 is 0 Å². The number of hydrogen-bond donors (Lipinski definition) is 2. The second kappa shape index (κ2) is 9.39. The monoisotopic (exact) mass is 448 g/mol. The lowest BCUT2D eigenvalue weighted by atomic mass is 10.1. The number of benzene rings is 1. The van der Waals surface area contributed by atoms with Crippen LogP contribution in [0.15, 0.2) is 36.9 Å². The Bertz CT molecular complexity index is 1030. The number of amides is 1. The van der Waals surface area contributed by atoms with Gasteiger partial charge in [0, 0.05) is 37.5 Å². The quantitative estimate of drug-likeness (QED) is 0.524. The summed E-state index contributed by atoms with van der Waals surface area (Å²) in [4.78, 5) is 25.5. The van der Waals surface area contributed by atoms with Crippen molar-refractivity contribution in [2.24, 2.45) is 5.73 Å². The van der Waals surface area contributed by atoms with Gasteiger partial charge in [0.05, 0.1) is 19.0 Å². The van der Waals surface area contributed by atoms with Crippen LogP contribution in [0.4, 0.5) is 5.82 Å². The third-order valence-corrected chi connectivity index (χ3v) is 5.51. The smallest absolute Gasteiger partial charge is 0.256 e. The van der Waals surface area contributed by atoms with Crippen LogP contribution in [-0.2, 0) is 20.3 Å². The van der Waals surface area contributed by atoms with E-state index in [1.165, 1.54) is 6.33 Å². The zero-order chi connectivity index (χ0) is 21.1. The molecule has 3 heterocycles. The molecule has 0 bridgehead atoms. The third-order valence-electron chi connectivity index (χ3n) is 4.97. The van der Waals surface area contributed by atoms with E-state index < -0.39 is 0 Å². The summed E-state index contributed by atoms with van der Waals surface area (Å²) in [5.41, 5.74) is 8.08. The van der Waals surface area contributed by atoms with E-state index in [1.54, 1.807) is 18.5 Å². The standard InChI is InChI=1S/C18H22N6O4P2/c19-6-10-1-3-11(4-2-10)18(25)23-16-15-17(21-8-20-16)24(9-22-15)14-5-12(28-30)13(27-14)7-26-29/h1-4,8-9,12-14H,5-7,19,29-30H2,(H,20,21,23,25)/t12-,13-,14-/m1/s1. The lowest BCUT2D eigenvalue weighted by Crippen LogP contribution is -2.25.